The van der Waals surface area contributed by atoms with Crippen LogP contribution in [0.4, 0.5) is 0 Å². The maximum Gasteiger partial charge on any atom is 0.0701 e. The standard InChI is InChI=1S/C11H9N/c1-2-6-10-7-3-4-8-11(10)12-9-5-1/h1-9H. The van der Waals surface area contributed by atoms with Crippen molar-refractivity contribution in [3.8, 4) is 0 Å². The first-order valence-corrected chi connectivity index (χ1v) is 3.93. The van der Waals surface area contributed by atoms with Gasteiger partial charge in [-0.1, -0.05) is 36.4 Å². The lowest BCUT2D eigenvalue weighted by Crippen LogP contribution is -2.23. The fraction of sp³-hybridized carbons (Fsp3) is 0. The molecule has 0 spiro atoms. The Bertz CT molecular complexity index is 395. The third-order valence-electron chi connectivity index (χ3n) is 1.73. The van der Waals surface area contributed by atoms with Gasteiger partial charge in [-0.25, -0.2) is 0 Å². The lowest BCUT2D eigenvalue weighted by atomic mass is 10.2. The fourth-order valence-corrected chi connectivity index (χ4v) is 1.14. The molecule has 0 aromatic heterocycles. The molecule has 0 bridgehead atoms. The Morgan fingerprint density at radius 1 is 0.917 bits per heavy atom. The van der Waals surface area contributed by atoms with Crippen molar-refractivity contribution in [3.63, 3.8) is 0 Å². The number of rotatable bonds is 0. The van der Waals surface area contributed by atoms with E-state index in [1.165, 1.54) is 0 Å². The summed E-state index contributed by atoms with van der Waals surface area (Å²) in [5.74, 6) is 0. The maximum absolute atomic E-state index is 4.28. The summed E-state index contributed by atoms with van der Waals surface area (Å²) in [4.78, 5) is 4.28. The third-order valence-corrected chi connectivity index (χ3v) is 1.73. The van der Waals surface area contributed by atoms with Gasteiger partial charge in [-0.3, -0.25) is 4.99 Å². The first-order chi connectivity index (χ1) is 5.97. The van der Waals surface area contributed by atoms with Crippen molar-refractivity contribution >= 4 is 6.08 Å². The number of hydrogen-bond acceptors (Lipinski definition) is 1. The molecule has 1 heterocycles. The van der Waals surface area contributed by atoms with Gasteiger partial charge in [0, 0.05) is 11.4 Å². The number of hydrogen-bond donors (Lipinski definition) is 0. The van der Waals surface area contributed by atoms with Crippen LogP contribution in [0.1, 0.15) is 0 Å². The van der Waals surface area contributed by atoms with Crippen LogP contribution in [0.25, 0.3) is 6.08 Å². The van der Waals surface area contributed by atoms with Gasteiger partial charge in [-0.05, 0) is 12.1 Å². The van der Waals surface area contributed by atoms with Crippen LogP contribution in [0, 0.1) is 0 Å². The summed E-state index contributed by atoms with van der Waals surface area (Å²) >= 11 is 0. The molecule has 0 saturated heterocycles. The van der Waals surface area contributed by atoms with Crippen molar-refractivity contribution in [1.29, 1.82) is 0 Å². The zero-order valence-electron chi connectivity index (χ0n) is 6.64. The highest BCUT2D eigenvalue weighted by Gasteiger charge is 1.83. The summed E-state index contributed by atoms with van der Waals surface area (Å²) in [7, 11) is 0. The lowest BCUT2D eigenvalue weighted by Gasteiger charge is -1.88. The molecular formula is C11H9N. The summed E-state index contributed by atoms with van der Waals surface area (Å²) in [5.41, 5.74) is 0. The molecule has 1 aromatic rings. The number of nitrogens with zero attached hydrogens (tertiary/aromatic N) is 1. The zero-order chi connectivity index (χ0) is 8.23. The molecule has 2 rings (SSSR count). The Morgan fingerprint density at radius 2 is 1.83 bits per heavy atom. The molecular weight excluding hydrogens is 146 g/mol. The lowest BCUT2D eigenvalue weighted by molar-refractivity contribution is 1.30. The van der Waals surface area contributed by atoms with E-state index in [1.54, 1.807) is 0 Å². The van der Waals surface area contributed by atoms with E-state index in [2.05, 4.69) is 17.1 Å². The summed E-state index contributed by atoms with van der Waals surface area (Å²) in [6.45, 7) is 0. The Hall–Kier alpha value is -1.63. The number of para-hydroxylation sites is 1. The second-order valence-corrected chi connectivity index (χ2v) is 2.58. The minimum atomic E-state index is 1.03. The molecule has 0 atom stereocenters. The predicted molar refractivity (Wildman–Crippen MR) is 50.0 cm³/mol. The highest BCUT2D eigenvalue weighted by Crippen LogP contribution is 1.82. The average Bonchev–Trinajstić information content (AvgIpc) is 2.06. The van der Waals surface area contributed by atoms with Crippen molar-refractivity contribution in [3.05, 3.63) is 59.3 Å². The molecule has 1 nitrogen and oxygen atoms in total. The van der Waals surface area contributed by atoms with E-state index in [0.717, 1.165) is 10.6 Å². The van der Waals surface area contributed by atoms with Crippen LogP contribution in [0.5, 0.6) is 0 Å². The van der Waals surface area contributed by atoms with E-state index >= 15 is 0 Å². The third kappa shape index (κ3) is 1.35. The van der Waals surface area contributed by atoms with Gasteiger partial charge >= 0.3 is 0 Å². The van der Waals surface area contributed by atoms with Crippen molar-refractivity contribution in [1.82, 2.24) is 0 Å². The van der Waals surface area contributed by atoms with Crippen LogP contribution >= 0.6 is 0 Å². The van der Waals surface area contributed by atoms with E-state index in [-0.39, 0.29) is 0 Å². The van der Waals surface area contributed by atoms with E-state index in [0.29, 0.717) is 0 Å². The van der Waals surface area contributed by atoms with Crippen LogP contribution < -0.4 is 10.6 Å². The fourth-order valence-electron chi connectivity index (χ4n) is 1.14. The highest BCUT2D eigenvalue weighted by atomic mass is 14.7. The van der Waals surface area contributed by atoms with Crippen molar-refractivity contribution in [2.75, 3.05) is 0 Å². The molecule has 0 radical (unpaired) electrons. The molecule has 12 heavy (non-hydrogen) atoms. The topological polar surface area (TPSA) is 12.4 Å². The Morgan fingerprint density at radius 3 is 2.83 bits per heavy atom. The molecule has 1 heteroatoms. The molecule has 1 aliphatic rings. The highest BCUT2D eigenvalue weighted by molar-refractivity contribution is 5.38. The van der Waals surface area contributed by atoms with Crippen LogP contribution in [0.2, 0.25) is 0 Å². The molecule has 0 unspecified atom stereocenters. The second-order valence-electron chi connectivity index (χ2n) is 2.58. The Labute approximate surface area is 71.1 Å². The molecule has 0 aliphatic carbocycles. The molecule has 1 aliphatic heterocycles. The first kappa shape index (κ1) is 7.04. The van der Waals surface area contributed by atoms with Crippen molar-refractivity contribution in [2.24, 2.45) is 4.99 Å². The van der Waals surface area contributed by atoms with Crippen LogP contribution in [-0.2, 0) is 0 Å². The van der Waals surface area contributed by atoms with Gasteiger partial charge in [0.15, 0.2) is 0 Å². The summed E-state index contributed by atoms with van der Waals surface area (Å²) in [6.07, 6.45) is 9.78. The minimum Gasteiger partial charge on any atom is -0.256 e. The van der Waals surface area contributed by atoms with E-state index in [9.17, 15) is 0 Å². The number of allylic oxidation sites excluding steroid dienone is 3. The molecule has 58 valence electrons. The smallest absolute Gasteiger partial charge is 0.0701 e. The average molecular weight is 155 g/mol. The first-order valence-electron chi connectivity index (χ1n) is 3.93. The van der Waals surface area contributed by atoms with Gasteiger partial charge < -0.3 is 0 Å². The van der Waals surface area contributed by atoms with E-state index in [4.69, 9.17) is 0 Å². The quantitative estimate of drug-likeness (QED) is 0.533. The number of benzene rings is 1. The maximum atomic E-state index is 4.28. The molecule has 1 aromatic carbocycles. The van der Waals surface area contributed by atoms with Crippen molar-refractivity contribution < 1.29 is 0 Å². The van der Waals surface area contributed by atoms with Crippen LogP contribution in [0.3, 0.4) is 0 Å². The normalized spacial score (nSPS) is 13.7. The predicted octanol–water partition coefficient (Wildman–Crippen LogP) is 1.17. The summed E-state index contributed by atoms with van der Waals surface area (Å²) < 4.78 is 0. The van der Waals surface area contributed by atoms with Crippen LogP contribution in [-0.4, -0.2) is 0 Å². The van der Waals surface area contributed by atoms with Crippen molar-refractivity contribution in [2.45, 2.75) is 0 Å². The van der Waals surface area contributed by atoms with Gasteiger partial charge in [-0.15, -0.1) is 0 Å². The van der Waals surface area contributed by atoms with E-state index < -0.39 is 0 Å². The number of fused-ring (bicyclic) bond motifs is 1. The second kappa shape index (κ2) is 3.18. The SMILES string of the molecule is C1=CC=c2ccccc2=NC=C1. The van der Waals surface area contributed by atoms with Gasteiger partial charge in [0.05, 0.1) is 5.36 Å². The Balaban J connectivity index is 2.80. The van der Waals surface area contributed by atoms with Gasteiger partial charge in [0.2, 0.25) is 0 Å². The van der Waals surface area contributed by atoms with Crippen LogP contribution in [0.15, 0.2) is 53.7 Å². The molecule has 0 amide bonds. The Kier molecular flexibility index (Phi) is 1.87. The van der Waals surface area contributed by atoms with E-state index in [1.807, 2.05) is 42.6 Å². The monoisotopic (exact) mass is 155 g/mol. The summed E-state index contributed by atoms with van der Waals surface area (Å²) in [6, 6.07) is 8.08. The molecule has 0 N–H and O–H groups in total. The van der Waals surface area contributed by atoms with Gasteiger partial charge in [0.1, 0.15) is 0 Å². The molecule has 0 saturated carbocycles. The summed E-state index contributed by atoms with van der Waals surface area (Å²) in [5, 5.41) is 2.19. The van der Waals surface area contributed by atoms with Gasteiger partial charge in [-0.2, -0.15) is 0 Å². The van der Waals surface area contributed by atoms with Gasteiger partial charge in [0.25, 0.3) is 0 Å². The molecule has 0 fully saturated rings. The largest absolute Gasteiger partial charge is 0.256 e. The minimum absolute atomic E-state index is 1.03. The zero-order valence-corrected chi connectivity index (χ0v) is 6.64.